The highest BCUT2D eigenvalue weighted by molar-refractivity contribution is 5.08. The van der Waals surface area contributed by atoms with Crippen LogP contribution in [0.2, 0.25) is 0 Å². The number of halogens is 3. The first-order valence-electron chi connectivity index (χ1n) is 4.48. The van der Waals surface area contributed by atoms with Crippen LogP contribution in [0, 0.1) is 0 Å². The van der Waals surface area contributed by atoms with E-state index < -0.39 is 11.7 Å². The molecule has 1 atom stereocenters. The Kier molecular flexibility index (Phi) is 2.87. The summed E-state index contributed by atoms with van der Waals surface area (Å²) in [7, 11) is 0. The molecule has 0 saturated heterocycles. The number of nitrogens with one attached hydrogen (secondary N) is 1. The standard InChI is InChI=1S/C8H15F3N2/c1-2-6(12)5-13-7(3-4-7)8(9,10)11/h6,13H,2-5,12H2,1H3. The van der Waals surface area contributed by atoms with Gasteiger partial charge in [-0.15, -0.1) is 0 Å². The Hall–Kier alpha value is -0.290. The maximum absolute atomic E-state index is 12.3. The molecule has 0 radical (unpaired) electrons. The molecule has 0 aromatic carbocycles. The predicted molar refractivity (Wildman–Crippen MR) is 44.3 cm³/mol. The molecule has 13 heavy (non-hydrogen) atoms. The third-order valence-corrected chi connectivity index (χ3v) is 2.52. The Morgan fingerprint density at radius 2 is 2.00 bits per heavy atom. The van der Waals surface area contributed by atoms with Crippen molar-refractivity contribution in [2.75, 3.05) is 6.54 Å². The van der Waals surface area contributed by atoms with Crippen molar-refractivity contribution in [3.63, 3.8) is 0 Å². The number of nitrogens with two attached hydrogens (primary N) is 1. The van der Waals surface area contributed by atoms with Gasteiger partial charge in [0.25, 0.3) is 0 Å². The van der Waals surface area contributed by atoms with Gasteiger partial charge in [0, 0.05) is 12.6 Å². The fourth-order valence-electron chi connectivity index (χ4n) is 1.16. The van der Waals surface area contributed by atoms with Crippen molar-refractivity contribution in [1.82, 2.24) is 5.32 Å². The van der Waals surface area contributed by atoms with Crippen molar-refractivity contribution in [2.24, 2.45) is 5.73 Å². The van der Waals surface area contributed by atoms with E-state index in [0.717, 1.165) is 0 Å². The van der Waals surface area contributed by atoms with Gasteiger partial charge in [-0.2, -0.15) is 13.2 Å². The molecule has 2 nitrogen and oxygen atoms in total. The quantitative estimate of drug-likeness (QED) is 0.713. The molecule has 78 valence electrons. The third-order valence-electron chi connectivity index (χ3n) is 2.52. The van der Waals surface area contributed by atoms with E-state index in [1.165, 1.54) is 0 Å². The summed E-state index contributed by atoms with van der Waals surface area (Å²) in [6.07, 6.45) is -3.05. The monoisotopic (exact) mass is 196 g/mol. The average molecular weight is 196 g/mol. The molecule has 5 heteroatoms. The van der Waals surface area contributed by atoms with Crippen LogP contribution in [-0.2, 0) is 0 Å². The van der Waals surface area contributed by atoms with Crippen molar-refractivity contribution in [2.45, 2.75) is 43.9 Å². The molecule has 3 N–H and O–H groups in total. The summed E-state index contributed by atoms with van der Waals surface area (Å²) in [6, 6.07) is -0.181. The number of alkyl halides is 3. The van der Waals surface area contributed by atoms with Gasteiger partial charge in [-0.1, -0.05) is 6.92 Å². The first-order valence-corrected chi connectivity index (χ1v) is 4.48. The van der Waals surface area contributed by atoms with Gasteiger partial charge >= 0.3 is 6.18 Å². The van der Waals surface area contributed by atoms with E-state index >= 15 is 0 Å². The number of hydrogen-bond acceptors (Lipinski definition) is 2. The van der Waals surface area contributed by atoms with Gasteiger partial charge < -0.3 is 11.1 Å². The summed E-state index contributed by atoms with van der Waals surface area (Å²) in [5, 5.41) is 2.51. The molecule has 0 aromatic heterocycles. The molecule has 0 amide bonds. The van der Waals surface area contributed by atoms with Gasteiger partial charge in [0.15, 0.2) is 0 Å². The summed E-state index contributed by atoms with van der Waals surface area (Å²) < 4.78 is 37.0. The molecule has 0 aliphatic heterocycles. The largest absolute Gasteiger partial charge is 0.406 e. The zero-order valence-corrected chi connectivity index (χ0v) is 7.62. The van der Waals surface area contributed by atoms with E-state index in [0.29, 0.717) is 6.42 Å². The minimum Gasteiger partial charge on any atom is -0.327 e. The smallest absolute Gasteiger partial charge is 0.327 e. The van der Waals surface area contributed by atoms with Gasteiger partial charge in [-0.25, -0.2) is 0 Å². The first kappa shape index (κ1) is 10.8. The second-order valence-electron chi connectivity index (χ2n) is 3.63. The summed E-state index contributed by atoms with van der Waals surface area (Å²) in [6.45, 7) is 2.11. The van der Waals surface area contributed by atoms with E-state index in [4.69, 9.17) is 5.73 Å². The van der Waals surface area contributed by atoms with Crippen LogP contribution in [-0.4, -0.2) is 24.3 Å². The van der Waals surface area contributed by atoms with E-state index in [2.05, 4.69) is 5.32 Å². The van der Waals surface area contributed by atoms with Gasteiger partial charge in [0.2, 0.25) is 0 Å². The SMILES string of the molecule is CCC(N)CNC1(C(F)(F)F)CC1. The Morgan fingerprint density at radius 3 is 2.31 bits per heavy atom. The minimum atomic E-state index is -4.12. The Balaban J connectivity index is 2.36. The molecule has 0 aromatic rings. The third kappa shape index (κ3) is 2.34. The Labute approximate surface area is 75.7 Å². The zero-order valence-electron chi connectivity index (χ0n) is 7.62. The lowest BCUT2D eigenvalue weighted by atomic mass is 10.2. The highest BCUT2D eigenvalue weighted by atomic mass is 19.4. The van der Waals surface area contributed by atoms with Gasteiger partial charge in [-0.05, 0) is 19.3 Å². The molecular formula is C8H15F3N2. The van der Waals surface area contributed by atoms with E-state index in [1.807, 2.05) is 6.92 Å². The summed E-state index contributed by atoms with van der Waals surface area (Å²) in [4.78, 5) is 0. The first-order chi connectivity index (χ1) is 5.91. The normalized spacial score (nSPS) is 22.8. The van der Waals surface area contributed by atoms with Crippen LogP contribution in [0.5, 0.6) is 0 Å². The predicted octanol–water partition coefficient (Wildman–Crippen LogP) is 1.41. The number of rotatable bonds is 4. The van der Waals surface area contributed by atoms with Crippen LogP contribution in [0.4, 0.5) is 13.2 Å². The van der Waals surface area contributed by atoms with E-state index in [1.54, 1.807) is 0 Å². The topological polar surface area (TPSA) is 38.0 Å². The zero-order chi connectivity index (χ0) is 10.1. The molecule has 1 rings (SSSR count). The summed E-state index contributed by atoms with van der Waals surface area (Å²) >= 11 is 0. The van der Waals surface area contributed by atoms with E-state index in [9.17, 15) is 13.2 Å². The minimum absolute atomic E-state index is 0.181. The highest BCUT2D eigenvalue weighted by Crippen LogP contribution is 2.48. The summed E-state index contributed by atoms with van der Waals surface area (Å²) in [5.41, 5.74) is 3.91. The molecule has 1 unspecified atom stereocenters. The fraction of sp³-hybridized carbons (Fsp3) is 1.00. The van der Waals surface area contributed by atoms with Crippen LogP contribution in [0.25, 0.3) is 0 Å². The van der Waals surface area contributed by atoms with Crippen molar-refractivity contribution >= 4 is 0 Å². The second kappa shape index (κ2) is 3.46. The maximum Gasteiger partial charge on any atom is 0.406 e. The molecule has 0 heterocycles. The lowest BCUT2D eigenvalue weighted by molar-refractivity contribution is -0.165. The fourth-order valence-corrected chi connectivity index (χ4v) is 1.16. The van der Waals surface area contributed by atoms with Crippen molar-refractivity contribution in [1.29, 1.82) is 0 Å². The lowest BCUT2D eigenvalue weighted by Crippen LogP contribution is -2.49. The van der Waals surface area contributed by atoms with Gasteiger partial charge in [0.05, 0.1) is 0 Å². The Morgan fingerprint density at radius 1 is 1.46 bits per heavy atom. The summed E-state index contributed by atoms with van der Waals surface area (Å²) in [5.74, 6) is 0. The molecule has 0 bridgehead atoms. The number of hydrogen-bond donors (Lipinski definition) is 2. The van der Waals surface area contributed by atoms with Crippen LogP contribution < -0.4 is 11.1 Å². The van der Waals surface area contributed by atoms with Gasteiger partial charge in [-0.3, -0.25) is 0 Å². The van der Waals surface area contributed by atoms with Crippen LogP contribution in [0.3, 0.4) is 0 Å². The highest BCUT2D eigenvalue weighted by Gasteiger charge is 2.62. The second-order valence-corrected chi connectivity index (χ2v) is 3.63. The molecule has 0 spiro atoms. The van der Waals surface area contributed by atoms with Crippen LogP contribution in [0.15, 0.2) is 0 Å². The van der Waals surface area contributed by atoms with Crippen molar-refractivity contribution in [3.8, 4) is 0 Å². The van der Waals surface area contributed by atoms with Crippen molar-refractivity contribution in [3.05, 3.63) is 0 Å². The van der Waals surface area contributed by atoms with E-state index in [-0.39, 0.29) is 25.4 Å². The molecule has 1 saturated carbocycles. The molecule has 1 fully saturated rings. The Bertz CT molecular complexity index is 175. The van der Waals surface area contributed by atoms with Crippen LogP contribution >= 0.6 is 0 Å². The van der Waals surface area contributed by atoms with Crippen molar-refractivity contribution < 1.29 is 13.2 Å². The average Bonchev–Trinajstić information content (AvgIpc) is 2.79. The molecule has 1 aliphatic rings. The lowest BCUT2D eigenvalue weighted by Gasteiger charge is -2.22. The van der Waals surface area contributed by atoms with Gasteiger partial charge in [0.1, 0.15) is 5.54 Å². The van der Waals surface area contributed by atoms with Crippen LogP contribution in [0.1, 0.15) is 26.2 Å². The molecular weight excluding hydrogens is 181 g/mol. The molecule has 1 aliphatic carbocycles. The maximum atomic E-state index is 12.3.